The molecule has 0 radical (unpaired) electrons. The lowest BCUT2D eigenvalue weighted by atomic mass is 10.1. The number of imidazole rings is 1. The molecule has 0 aromatic carbocycles. The lowest BCUT2D eigenvalue weighted by Gasteiger charge is -2.37. The van der Waals surface area contributed by atoms with Crippen LogP contribution >= 0.6 is 34.9 Å². The summed E-state index contributed by atoms with van der Waals surface area (Å²) in [6.45, 7) is 6.53. The minimum Gasteiger partial charge on any atom is -0.366 e. The van der Waals surface area contributed by atoms with Crippen LogP contribution in [-0.4, -0.2) is 56.6 Å². The van der Waals surface area contributed by atoms with Crippen LogP contribution in [-0.2, 0) is 10.2 Å². The summed E-state index contributed by atoms with van der Waals surface area (Å²) < 4.78 is 1.91. The summed E-state index contributed by atoms with van der Waals surface area (Å²) in [5.41, 5.74) is 1.20. The largest absolute Gasteiger partial charge is 0.366 e. The quantitative estimate of drug-likeness (QED) is 0.528. The van der Waals surface area contributed by atoms with Crippen molar-refractivity contribution in [2.75, 3.05) is 31.1 Å². The summed E-state index contributed by atoms with van der Waals surface area (Å²) in [7, 11) is 0. The molecule has 1 aliphatic carbocycles. The van der Waals surface area contributed by atoms with Crippen molar-refractivity contribution in [3.8, 4) is 16.9 Å². The minimum atomic E-state index is -0.497. The Morgan fingerprint density at radius 2 is 2.03 bits per heavy atom. The number of hydrogen-bond acceptors (Lipinski definition) is 9. The highest BCUT2D eigenvalue weighted by atomic mass is 35.5. The van der Waals surface area contributed by atoms with E-state index in [1.54, 1.807) is 0 Å². The van der Waals surface area contributed by atoms with Crippen molar-refractivity contribution < 1.29 is 4.79 Å². The van der Waals surface area contributed by atoms with E-state index in [0.717, 1.165) is 45.9 Å². The Balaban J connectivity index is 1.52. The second-order valence-electron chi connectivity index (χ2n) is 8.70. The lowest BCUT2D eigenvalue weighted by Crippen LogP contribution is -2.50. The first-order chi connectivity index (χ1) is 15.9. The summed E-state index contributed by atoms with van der Waals surface area (Å²) in [4.78, 5) is 22.0. The van der Waals surface area contributed by atoms with Gasteiger partial charge in [-0.25, -0.2) is 4.98 Å². The molecule has 9 nitrogen and oxygen atoms in total. The second kappa shape index (κ2) is 8.43. The van der Waals surface area contributed by atoms with Gasteiger partial charge in [0.15, 0.2) is 16.0 Å². The first kappa shape index (κ1) is 22.4. The Hall–Kier alpha value is -2.39. The van der Waals surface area contributed by atoms with Crippen LogP contribution in [0.3, 0.4) is 0 Å². The van der Waals surface area contributed by atoms with E-state index in [1.165, 1.54) is 11.3 Å². The number of nitriles is 1. The minimum absolute atomic E-state index is 0.0142. The average Bonchev–Trinajstić information content (AvgIpc) is 3.35. The van der Waals surface area contributed by atoms with Gasteiger partial charge in [-0.15, -0.1) is 10.2 Å². The van der Waals surface area contributed by atoms with Gasteiger partial charge >= 0.3 is 0 Å². The maximum atomic E-state index is 12.4. The maximum absolute atomic E-state index is 12.4. The summed E-state index contributed by atoms with van der Waals surface area (Å²) in [5, 5.41) is 25.7. The highest BCUT2D eigenvalue weighted by molar-refractivity contribution is 7.97. The predicted molar refractivity (Wildman–Crippen MR) is 129 cm³/mol. The molecule has 1 aliphatic heterocycles. The van der Waals surface area contributed by atoms with Crippen molar-refractivity contribution in [1.29, 1.82) is 5.26 Å². The third-order valence-corrected chi connectivity index (χ3v) is 8.08. The maximum Gasteiger partial charge on any atom is 0.225 e. The Morgan fingerprint density at radius 3 is 2.64 bits per heavy atom. The fourth-order valence-electron chi connectivity index (χ4n) is 4.12. The summed E-state index contributed by atoms with van der Waals surface area (Å²) >= 11 is 9.18. The lowest BCUT2D eigenvalue weighted by molar-refractivity contribution is -0.134. The molecule has 4 heterocycles. The van der Waals surface area contributed by atoms with Gasteiger partial charge in [0, 0.05) is 43.2 Å². The summed E-state index contributed by atoms with van der Waals surface area (Å²) in [6.07, 6.45) is 3.52. The van der Waals surface area contributed by atoms with Gasteiger partial charge in [0.2, 0.25) is 5.91 Å². The van der Waals surface area contributed by atoms with Crippen molar-refractivity contribution in [3.05, 3.63) is 22.4 Å². The van der Waals surface area contributed by atoms with Crippen LogP contribution in [0.5, 0.6) is 0 Å². The summed E-state index contributed by atoms with van der Waals surface area (Å²) in [6, 6.07) is 4.38. The normalized spacial score (nSPS) is 17.6. The molecule has 12 heteroatoms. The van der Waals surface area contributed by atoms with Crippen LogP contribution in [0.25, 0.3) is 16.3 Å². The Bertz CT molecular complexity index is 1270. The number of amides is 1. The third-order valence-electron chi connectivity index (χ3n) is 6.20. The highest BCUT2D eigenvalue weighted by Crippen LogP contribution is 2.49. The molecule has 33 heavy (non-hydrogen) atoms. The van der Waals surface area contributed by atoms with E-state index >= 15 is 0 Å². The van der Waals surface area contributed by atoms with Crippen molar-refractivity contribution in [2.24, 2.45) is 11.1 Å². The number of nitrogens with zero attached hydrogens (tertiary/aromatic N) is 7. The zero-order chi connectivity index (χ0) is 23.3. The van der Waals surface area contributed by atoms with E-state index in [9.17, 15) is 10.1 Å². The van der Waals surface area contributed by atoms with Crippen molar-refractivity contribution in [1.82, 2.24) is 24.5 Å². The number of piperazine rings is 1. The number of aromatic nitrogens is 4. The van der Waals surface area contributed by atoms with E-state index in [4.69, 9.17) is 16.7 Å². The van der Waals surface area contributed by atoms with Gasteiger partial charge < -0.3 is 9.80 Å². The molecule has 2 fully saturated rings. The van der Waals surface area contributed by atoms with Crippen LogP contribution in [0.4, 0.5) is 5.69 Å². The van der Waals surface area contributed by atoms with Crippen LogP contribution < -0.4 is 10.0 Å². The fourth-order valence-corrected chi connectivity index (χ4v) is 5.76. The van der Waals surface area contributed by atoms with Crippen LogP contribution in [0.15, 0.2) is 17.2 Å². The van der Waals surface area contributed by atoms with Gasteiger partial charge in [0.05, 0.1) is 11.8 Å². The van der Waals surface area contributed by atoms with Gasteiger partial charge in [-0.2, -0.15) is 5.26 Å². The Morgan fingerprint density at radius 1 is 1.30 bits per heavy atom. The van der Waals surface area contributed by atoms with E-state index in [-0.39, 0.29) is 11.8 Å². The highest BCUT2D eigenvalue weighted by Gasteiger charge is 2.48. The number of halogens is 1. The van der Waals surface area contributed by atoms with E-state index in [0.29, 0.717) is 42.2 Å². The number of carbonyl (C=O) groups is 1. The number of hydrogen-bond donors (Lipinski definition) is 1. The molecule has 0 unspecified atom stereocenters. The predicted octanol–water partition coefficient (Wildman–Crippen LogP) is 3.33. The van der Waals surface area contributed by atoms with Gasteiger partial charge in [0.25, 0.3) is 0 Å². The van der Waals surface area contributed by atoms with Gasteiger partial charge in [-0.1, -0.05) is 36.8 Å². The van der Waals surface area contributed by atoms with Crippen LogP contribution in [0, 0.1) is 17.2 Å². The molecule has 0 atom stereocenters. The third kappa shape index (κ3) is 3.85. The van der Waals surface area contributed by atoms with E-state index in [1.807, 2.05) is 35.4 Å². The molecule has 3 aromatic heterocycles. The molecular formula is C21H23ClN8OS2. The molecule has 5 rings (SSSR count). The molecule has 0 spiro atoms. The molecule has 1 saturated heterocycles. The van der Waals surface area contributed by atoms with Gasteiger partial charge in [-0.05, 0) is 30.9 Å². The molecule has 1 amide bonds. The number of anilines is 1. The monoisotopic (exact) mass is 502 g/mol. The second-order valence-corrected chi connectivity index (χ2v) is 10.7. The molecule has 3 aromatic rings. The van der Waals surface area contributed by atoms with Crippen LogP contribution in [0.1, 0.15) is 31.7 Å². The van der Waals surface area contributed by atoms with Gasteiger partial charge in [-0.3, -0.25) is 14.3 Å². The SMILES string of the molecule is CC(C)C(=O)N1CCN(c2cc(SN)cn3c(-c4nnc(C5(C#N)CC5)s4)nc(Cl)c23)CC1. The van der Waals surface area contributed by atoms with E-state index < -0.39 is 5.41 Å². The number of fused-ring (bicyclic) bond motifs is 1. The molecule has 2 N–H and O–H groups in total. The van der Waals surface area contributed by atoms with Crippen molar-refractivity contribution in [2.45, 2.75) is 37.0 Å². The molecule has 172 valence electrons. The van der Waals surface area contributed by atoms with Crippen LogP contribution in [0.2, 0.25) is 5.15 Å². The Kier molecular flexibility index (Phi) is 5.73. The van der Waals surface area contributed by atoms with Gasteiger partial charge in [0.1, 0.15) is 15.9 Å². The topological polar surface area (TPSA) is 116 Å². The molecule has 2 aliphatic rings. The van der Waals surface area contributed by atoms with Crippen molar-refractivity contribution >= 4 is 52.0 Å². The average molecular weight is 503 g/mol. The van der Waals surface area contributed by atoms with E-state index in [2.05, 4.69) is 26.2 Å². The Labute approximate surface area is 204 Å². The zero-order valence-corrected chi connectivity index (χ0v) is 20.7. The summed E-state index contributed by atoms with van der Waals surface area (Å²) in [5.74, 6) is 0.742. The number of pyridine rings is 1. The molecule has 0 bridgehead atoms. The zero-order valence-electron chi connectivity index (χ0n) is 18.3. The first-order valence-electron chi connectivity index (χ1n) is 10.7. The number of nitrogens with two attached hydrogens (primary N) is 1. The standard InChI is InChI=1S/C21H23ClN8OS2/c1-12(2)19(31)29-7-5-28(6-8-29)14-9-13(33-24)10-30-15(14)16(22)25-17(30)18-26-27-20(32-18)21(11-23)3-4-21/h9-10,12H,3-8,24H2,1-2H3. The molecular weight excluding hydrogens is 480 g/mol. The fraction of sp³-hybridized carbons (Fsp3) is 0.476. The first-order valence-corrected chi connectivity index (χ1v) is 12.8. The molecule has 1 saturated carbocycles. The smallest absolute Gasteiger partial charge is 0.225 e. The number of carbonyl (C=O) groups excluding carboxylic acids is 1. The van der Waals surface area contributed by atoms with Crippen molar-refractivity contribution in [3.63, 3.8) is 0 Å². The number of rotatable bonds is 5.